The van der Waals surface area contributed by atoms with Crippen molar-refractivity contribution in [1.29, 1.82) is 0 Å². The molecule has 1 fully saturated rings. The molecule has 52 heavy (non-hydrogen) atoms. The molecule has 1 aliphatic carbocycles. The molecule has 0 atom stereocenters. The number of halogens is 3. The van der Waals surface area contributed by atoms with Crippen LogP contribution in [0.4, 0.5) is 47.5 Å². The fourth-order valence-electron chi connectivity index (χ4n) is 4.75. The van der Waals surface area contributed by atoms with E-state index in [1.54, 1.807) is 41.5 Å². The molecular formula is C35H39Cl2FN6O8. The summed E-state index contributed by atoms with van der Waals surface area (Å²) in [6.45, 7) is 13.1. The van der Waals surface area contributed by atoms with Crippen molar-refractivity contribution in [2.24, 2.45) is 0 Å². The lowest BCUT2D eigenvalue weighted by Crippen LogP contribution is -2.50. The third kappa shape index (κ3) is 9.01. The molecule has 0 radical (unpaired) electrons. The molecule has 0 bridgehead atoms. The summed E-state index contributed by atoms with van der Waals surface area (Å²) < 4.78 is 37.8. The molecule has 1 saturated carbocycles. The first-order valence-electron chi connectivity index (χ1n) is 15.8. The van der Waals surface area contributed by atoms with E-state index in [0.29, 0.717) is 17.7 Å². The number of imide groups is 1. The van der Waals surface area contributed by atoms with Crippen LogP contribution in [0.1, 0.15) is 54.4 Å². The first kappa shape index (κ1) is 39.6. The number of methoxy groups -OCH3 is 2. The van der Waals surface area contributed by atoms with Crippen LogP contribution in [0.25, 0.3) is 0 Å². The van der Waals surface area contributed by atoms with E-state index in [9.17, 15) is 19.2 Å². The Bertz CT molecular complexity index is 1870. The number of benzene rings is 2. The van der Waals surface area contributed by atoms with Gasteiger partial charge >= 0.3 is 18.2 Å². The monoisotopic (exact) mass is 760 g/mol. The van der Waals surface area contributed by atoms with Crippen LogP contribution in [-0.2, 0) is 14.3 Å². The number of nitrogens with zero attached hydrogens (tertiary/aromatic N) is 5. The molecule has 2 aromatic carbocycles. The van der Waals surface area contributed by atoms with Gasteiger partial charge in [-0.3, -0.25) is 9.69 Å². The molecular weight excluding hydrogens is 722 g/mol. The Kier molecular flexibility index (Phi) is 11.9. The van der Waals surface area contributed by atoms with Gasteiger partial charge in [0.05, 0.1) is 19.9 Å². The third-order valence-corrected chi connectivity index (χ3v) is 7.73. The maximum atomic E-state index is 15.7. The van der Waals surface area contributed by atoms with E-state index in [0.717, 1.165) is 23.4 Å². The summed E-state index contributed by atoms with van der Waals surface area (Å²) >= 11 is 13.4. The molecule has 5 amide bonds. The van der Waals surface area contributed by atoms with Crippen LogP contribution in [0.3, 0.4) is 0 Å². The SMILES string of the molecule is C=CC(=O)Nc1cccc(F)c1N(C(=O)OC(C)(C)C)c1cc(N(C(=O)N(C(=O)OC(C)(C)C)c2c(Cl)c(OC)cc(OC)c2Cl)C2CC2)ncn1. The number of aromatic nitrogens is 2. The van der Waals surface area contributed by atoms with Crippen LogP contribution in [0, 0.1) is 5.82 Å². The molecule has 0 aliphatic heterocycles. The molecule has 1 aliphatic rings. The quantitative estimate of drug-likeness (QED) is 0.210. The number of carbonyl (C=O) groups is 4. The Morgan fingerprint density at radius 3 is 1.96 bits per heavy atom. The van der Waals surface area contributed by atoms with Crippen molar-refractivity contribution in [3.63, 3.8) is 0 Å². The molecule has 278 valence electrons. The van der Waals surface area contributed by atoms with Gasteiger partial charge in [-0.1, -0.05) is 35.8 Å². The topological polar surface area (TPSA) is 153 Å². The van der Waals surface area contributed by atoms with Crippen molar-refractivity contribution in [3.05, 3.63) is 65.2 Å². The summed E-state index contributed by atoms with van der Waals surface area (Å²) in [5.41, 5.74) is -2.95. The number of urea groups is 1. The predicted octanol–water partition coefficient (Wildman–Crippen LogP) is 8.67. The zero-order valence-corrected chi connectivity index (χ0v) is 31.4. The van der Waals surface area contributed by atoms with Gasteiger partial charge in [-0.2, -0.15) is 4.90 Å². The van der Waals surface area contributed by atoms with Gasteiger partial charge in [0, 0.05) is 18.2 Å². The van der Waals surface area contributed by atoms with E-state index in [1.807, 2.05) is 0 Å². The second kappa shape index (κ2) is 15.6. The highest BCUT2D eigenvalue weighted by atomic mass is 35.5. The van der Waals surface area contributed by atoms with Gasteiger partial charge in [-0.05, 0) is 72.6 Å². The van der Waals surface area contributed by atoms with Crippen LogP contribution >= 0.6 is 23.2 Å². The van der Waals surface area contributed by atoms with E-state index in [-0.39, 0.29) is 44.6 Å². The van der Waals surface area contributed by atoms with E-state index < -0.39 is 52.9 Å². The van der Waals surface area contributed by atoms with Crippen molar-refractivity contribution in [3.8, 4) is 11.5 Å². The molecule has 4 rings (SSSR count). The number of carbonyl (C=O) groups excluding carboxylic acids is 4. The van der Waals surface area contributed by atoms with Crippen molar-refractivity contribution in [2.45, 2.75) is 71.6 Å². The normalized spacial score (nSPS) is 12.7. The number of anilines is 5. The van der Waals surface area contributed by atoms with Gasteiger partial charge < -0.3 is 24.3 Å². The van der Waals surface area contributed by atoms with Crippen LogP contribution in [-0.4, -0.2) is 65.6 Å². The maximum Gasteiger partial charge on any atom is 0.423 e. The zero-order chi connectivity index (χ0) is 38.7. The Balaban J connectivity index is 1.94. The van der Waals surface area contributed by atoms with Crippen LogP contribution < -0.4 is 29.5 Å². The molecule has 1 heterocycles. The number of ether oxygens (including phenoxy) is 4. The maximum absolute atomic E-state index is 15.7. The molecule has 17 heteroatoms. The fraction of sp³-hybridized carbons (Fsp3) is 0.371. The van der Waals surface area contributed by atoms with Crippen molar-refractivity contribution in [2.75, 3.05) is 34.2 Å². The number of hydrogen-bond acceptors (Lipinski definition) is 10. The Morgan fingerprint density at radius 2 is 1.44 bits per heavy atom. The molecule has 0 spiro atoms. The number of hydrogen-bond donors (Lipinski definition) is 1. The largest absolute Gasteiger partial charge is 0.495 e. The molecule has 3 aromatic rings. The van der Waals surface area contributed by atoms with Crippen LogP contribution in [0.15, 0.2) is 49.3 Å². The predicted molar refractivity (Wildman–Crippen MR) is 195 cm³/mol. The minimum Gasteiger partial charge on any atom is -0.495 e. The number of nitrogens with one attached hydrogen (secondary N) is 1. The Hall–Kier alpha value is -5.15. The first-order chi connectivity index (χ1) is 24.3. The lowest BCUT2D eigenvalue weighted by Gasteiger charge is -2.32. The third-order valence-electron chi connectivity index (χ3n) is 7.00. The van der Waals surface area contributed by atoms with E-state index >= 15 is 4.39 Å². The Labute approximate surface area is 310 Å². The van der Waals surface area contributed by atoms with E-state index in [4.69, 9.17) is 42.1 Å². The summed E-state index contributed by atoms with van der Waals surface area (Å²) in [7, 11) is 2.66. The van der Waals surface area contributed by atoms with Gasteiger partial charge in [0.15, 0.2) is 0 Å². The minimum absolute atomic E-state index is 0.0406. The number of rotatable bonds is 9. The van der Waals surface area contributed by atoms with Crippen molar-refractivity contribution >= 4 is 76.0 Å². The highest BCUT2D eigenvalue weighted by Crippen LogP contribution is 2.48. The van der Waals surface area contributed by atoms with Crippen LogP contribution in [0.5, 0.6) is 11.5 Å². The van der Waals surface area contributed by atoms with Gasteiger partial charge in [0.1, 0.15) is 67.9 Å². The van der Waals surface area contributed by atoms with Gasteiger partial charge in [-0.15, -0.1) is 0 Å². The molecule has 0 unspecified atom stereocenters. The summed E-state index contributed by atoms with van der Waals surface area (Å²) in [6, 6.07) is 4.90. The van der Waals surface area contributed by atoms with Crippen molar-refractivity contribution in [1.82, 2.24) is 9.97 Å². The number of para-hydroxylation sites is 1. The first-order valence-corrected chi connectivity index (χ1v) is 16.6. The molecule has 0 saturated heterocycles. The second-order valence-electron chi connectivity index (χ2n) is 13.3. The lowest BCUT2D eigenvalue weighted by molar-refractivity contribution is -0.111. The van der Waals surface area contributed by atoms with E-state index in [2.05, 4.69) is 21.9 Å². The minimum atomic E-state index is -1.14. The van der Waals surface area contributed by atoms with Gasteiger partial charge in [0.25, 0.3) is 0 Å². The van der Waals surface area contributed by atoms with Gasteiger partial charge in [0.2, 0.25) is 5.91 Å². The second-order valence-corrected chi connectivity index (χ2v) is 14.1. The van der Waals surface area contributed by atoms with Crippen molar-refractivity contribution < 1.29 is 42.5 Å². The highest BCUT2D eigenvalue weighted by Gasteiger charge is 2.43. The average molecular weight is 762 g/mol. The smallest absolute Gasteiger partial charge is 0.423 e. The molecule has 1 N–H and O–H groups in total. The summed E-state index contributed by atoms with van der Waals surface area (Å²) in [4.78, 5) is 66.0. The molecule has 1 aromatic heterocycles. The van der Waals surface area contributed by atoms with Crippen LogP contribution in [0.2, 0.25) is 10.0 Å². The summed E-state index contributed by atoms with van der Waals surface area (Å²) in [6.07, 6.45) is 0.800. The highest BCUT2D eigenvalue weighted by molar-refractivity contribution is 6.43. The standard InChI is InChI=1S/C35H39Cl2FN6O8/c1-10-26(45)41-21-13-11-12-20(38)29(21)43(32(47)51-34(2,3)4)25-17-24(39-18-40-25)42(19-14-15-19)31(46)44(33(48)52-35(5,6)7)30-27(36)22(49-8)16-23(50-9)28(30)37/h10-13,16-19H,1,14-15H2,2-9H3,(H,41,45). The average Bonchev–Trinajstić information content (AvgIpc) is 3.88. The lowest BCUT2D eigenvalue weighted by atomic mass is 10.2. The fourth-order valence-corrected chi connectivity index (χ4v) is 5.42. The number of amides is 5. The van der Waals surface area contributed by atoms with E-state index in [1.165, 1.54) is 43.4 Å². The Morgan fingerprint density at radius 1 is 0.885 bits per heavy atom. The molecule has 14 nitrogen and oxygen atoms in total. The summed E-state index contributed by atoms with van der Waals surface area (Å²) in [5.74, 6) is -1.87. The summed E-state index contributed by atoms with van der Waals surface area (Å²) in [5, 5.41) is 2.09. The zero-order valence-electron chi connectivity index (χ0n) is 29.9. The van der Waals surface area contributed by atoms with Gasteiger partial charge in [-0.25, -0.2) is 33.6 Å².